The van der Waals surface area contributed by atoms with E-state index in [1.807, 2.05) is 22.2 Å². The Morgan fingerprint density at radius 1 is 1.29 bits per heavy atom. The van der Waals surface area contributed by atoms with Crippen molar-refractivity contribution in [3.63, 3.8) is 0 Å². The van der Waals surface area contributed by atoms with Crippen molar-refractivity contribution in [1.29, 1.82) is 0 Å². The van der Waals surface area contributed by atoms with Crippen LogP contribution in [-0.4, -0.2) is 16.1 Å². The van der Waals surface area contributed by atoms with Crippen LogP contribution in [0.3, 0.4) is 0 Å². The topological polar surface area (TPSA) is 89.6 Å². The van der Waals surface area contributed by atoms with Crippen LogP contribution in [0.15, 0.2) is 49.6 Å². The Labute approximate surface area is 167 Å². The van der Waals surface area contributed by atoms with Crippen molar-refractivity contribution in [3.8, 4) is 16.3 Å². The minimum atomic E-state index is -0.563. The van der Waals surface area contributed by atoms with Gasteiger partial charge in [0.15, 0.2) is 0 Å². The van der Waals surface area contributed by atoms with Gasteiger partial charge >= 0.3 is 11.6 Å². The van der Waals surface area contributed by atoms with Gasteiger partial charge in [-0.1, -0.05) is 0 Å². The molecule has 1 aromatic carbocycles. The number of thiazole rings is 1. The summed E-state index contributed by atoms with van der Waals surface area (Å²) in [7, 11) is 0. The third-order valence-electron chi connectivity index (χ3n) is 4.25. The quantitative estimate of drug-likeness (QED) is 0.388. The van der Waals surface area contributed by atoms with E-state index < -0.39 is 11.6 Å². The smallest absolute Gasteiger partial charge is 0.336 e. The van der Waals surface area contributed by atoms with Crippen molar-refractivity contribution in [2.45, 2.75) is 20.0 Å². The van der Waals surface area contributed by atoms with Crippen molar-refractivity contribution in [3.05, 3.63) is 67.6 Å². The van der Waals surface area contributed by atoms with Gasteiger partial charge in [0, 0.05) is 38.9 Å². The highest BCUT2D eigenvalue weighted by atomic mass is 32.1. The summed E-state index contributed by atoms with van der Waals surface area (Å²) in [6.45, 7) is 1.59. The molecule has 0 saturated carbocycles. The van der Waals surface area contributed by atoms with Crippen LogP contribution in [0.25, 0.3) is 21.5 Å². The zero-order valence-corrected chi connectivity index (χ0v) is 16.4. The second-order valence-electron chi connectivity index (χ2n) is 6.17. The van der Waals surface area contributed by atoms with Crippen molar-refractivity contribution in [2.24, 2.45) is 0 Å². The number of aryl methyl sites for hydroxylation is 1. The van der Waals surface area contributed by atoms with E-state index in [9.17, 15) is 14.7 Å². The number of nitrogens with zero attached hydrogens (tertiary/aromatic N) is 1. The molecule has 3 aromatic heterocycles. The first-order valence-corrected chi connectivity index (χ1v) is 10.2. The predicted molar refractivity (Wildman–Crippen MR) is 108 cm³/mol. The molecule has 3 heterocycles. The summed E-state index contributed by atoms with van der Waals surface area (Å²) in [4.78, 5) is 28.5. The minimum absolute atomic E-state index is 0.0368. The van der Waals surface area contributed by atoms with E-state index in [0.29, 0.717) is 27.8 Å². The maximum Gasteiger partial charge on any atom is 0.336 e. The van der Waals surface area contributed by atoms with Crippen molar-refractivity contribution in [2.75, 3.05) is 0 Å². The number of aromatic hydroxyl groups is 1. The molecule has 0 spiro atoms. The molecule has 4 aromatic rings. The Bertz CT molecular complexity index is 1210. The third-order valence-corrected chi connectivity index (χ3v) is 5.88. The first-order chi connectivity index (χ1) is 13.5. The number of carbonyl (C=O) groups is 1. The van der Waals surface area contributed by atoms with Gasteiger partial charge in [-0.25, -0.2) is 9.78 Å². The van der Waals surface area contributed by atoms with Gasteiger partial charge in [0.2, 0.25) is 0 Å². The lowest BCUT2D eigenvalue weighted by molar-refractivity contribution is -0.144. The van der Waals surface area contributed by atoms with Crippen molar-refractivity contribution < 1.29 is 19.1 Å². The molecule has 0 atom stereocenters. The highest BCUT2D eigenvalue weighted by molar-refractivity contribution is 7.14. The number of thiophene rings is 1. The fourth-order valence-corrected chi connectivity index (χ4v) is 4.33. The number of benzene rings is 1. The monoisotopic (exact) mass is 413 g/mol. The molecule has 6 nitrogen and oxygen atoms in total. The fraction of sp³-hybridized carbons (Fsp3) is 0.150. The van der Waals surface area contributed by atoms with Crippen LogP contribution < -0.4 is 5.63 Å². The second-order valence-corrected chi connectivity index (χ2v) is 7.81. The molecule has 0 aliphatic carbocycles. The molecule has 0 unspecified atom stereocenters. The number of hydrogen-bond acceptors (Lipinski definition) is 8. The van der Waals surface area contributed by atoms with E-state index in [1.165, 1.54) is 23.5 Å². The number of rotatable bonds is 5. The van der Waals surface area contributed by atoms with E-state index >= 15 is 0 Å². The van der Waals surface area contributed by atoms with E-state index in [0.717, 1.165) is 10.6 Å². The zero-order chi connectivity index (χ0) is 19.7. The molecule has 0 radical (unpaired) electrons. The van der Waals surface area contributed by atoms with Gasteiger partial charge in [0.1, 0.15) is 22.9 Å². The minimum Gasteiger partial charge on any atom is -0.508 e. The molecule has 28 heavy (non-hydrogen) atoms. The molecular formula is C20H15NO5S2. The van der Waals surface area contributed by atoms with E-state index in [2.05, 4.69) is 4.98 Å². The molecule has 142 valence electrons. The second kappa shape index (κ2) is 7.57. The SMILES string of the molecule is Cc1c(O)ccc2c(COC(=O)Cc3csc(-c4ccsc4)n3)cc(=O)oc12. The van der Waals surface area contributed by atoms with Gasteiger partial charge in [-0.2, -0.15) is 11.3 Å². The Morgan fingerprint density at radius 2 is 2.14 bits per heavy atom. The lowest BCUT2D eigenvalue weighted by atomic mass is 10.1. The largest absolute Gasteiger partial charge is 0.508 e. The number of esters is 1. The highest BCUT2D eigenvalue weighted by Crippen LogP contribution is 2.28. The number of fused-ring (bicyclic) bond motifs is 1. The number of phenolic OH excluding ortho intramolecular Hbond substituents is 1. The van der Waals surface area contributed by atoms with Crippen LogP contribution in [-0.2, 0) is 22.6 Å². The Kier molecular flexibility index (Phi) is 4.97. The van der Waals surface area contributed by atoms with Gasteiger partial charge in [0.05, 0.1) is 12.1 Å². The van der Waals surface area contributed by atoms with Crippen LogP contribution in [0.2, 0.25) is 0 Å². The van der Waals surface area contributed by atoms with Crippen LogP contribution in [0.4, 0.5) is 0 Å². The number of hydrogen-bond donors (Lipinski definition) is 1. The molecule has 0 aliphatic heterocycles. The number of carbonyl (C=O) groups excluding carboxylic acids is 1. The summed E-state index contributed by atoms with van der Waals surface area (Å²) in [5, 5.41) is 17.1. The van der Waals surface area contributed by atoms with E-state index in [1.54, 1.807) is 24.3 Å². The van der Waals surface area contributed by atoms with Crippen LogP contribution in [0.5, 0.6) is 5.75 Å². The van der Waals surface area contributed by atoms with Crippen LogP contribution >= 0.6 is 22.7 Å². The van der Waals surface area contributed by atoms with Crippen LogP contribution in [0, 0.1) is 6.92 Å². The molecule has 4 rings (SSSR count). The Morgan fingerprint density at radius 3 is 2.93 bits per heavy atom. The normalized spacial score (nSPS) is 11.0. The summed E-state index contributed by atoms with van der Waals surface area (Å²) in [5.41, 5.74) is 2.40. The van der Waals surface area contributed by atoms with Crippen molar-refractivity contribution >= 4 is 39.6 Å². The molecule has 0 amide bonds. The Balaban J connectivity index is 1.48. The summed E-state index contributed by atoms with van der Waals surface area (Å²) >= 11 is 3.07. The summed E-state index contributed by atoms with van der Waals surface area (Å²) in [6, 6.07) is 6.43. The maximum absolute atomic E-state index is 12.2. The first-order valence-electron chi connectivity index (χ1n) is 8.39. The summed E-state index contributed by atoms with van der Waals surface area (Å²) in [5.74, 6) is -0.395. The number of phenols is 1. The average Bonchev–Trinajstić information content (AvgIpc) is 3.35. The maximum atomic E-state index is 12.2. The first kappa shape index (κ1) is 18.4. The zero-order valence-electron chi connectivity index (χ0n) is 14.8. The van der Waals surface area contributed by atoms with Crippen LogP contribution in [0.1, 0.15) is 16.8 Å². The lowest BCUT2D eigenvalue weighted by Crippen LogP contribution is -2.10. The summed E-state index contributed by atoms with van der Waals surface area (Å²) < 4.78 is 10.5. The van der Waals surface area contributed by atoms with E-state index in [4.69, 9.17) is 9.15 Å². The summed E-state index contributed by atoms with van der Waals surface area (Å²) in [6.07, 6.45) is 0.0554. The molecule has 0 fully saturated rings. The van der Waals surface area contributed by atoms with Crippen molar-refractivity contribution in [1.82, 2.24) is 4.98 Å². The lowest BCUT2D eigenvalue weighted by Gasteiger charge is -2.09. The molecule has 8 heteroatoms. The third kappa shape index (κ3) is 3.69. The fourth-order valence-electron chi connectivity index (χ4n) is 2.80. The van der Waals surface area contributed by atoms with Gasteiger partial charge < -0.3 is 14.3 Å². The highest BCUT2D eigenvalue weighted by Gasteiger charge is 2.14. The Hall–Kier alpha value is -2.97. The molecule has 1 N–H and O–H groups in total. The molecule has 0 aliphatic rings. The average molecular weight is 413 g/mol. The van der Waals surface area contributed by atoms with Gasteiger partial charge in [-0.3, -0.25) is 4.79 Å². The number of aromatic nitrogens is 1. The standard InChI is InChI=1S/C20H15NO5S2/c1-11-16(22)3-2-15-13(6-18(24)26-19(11)15)8-25-17(23)7-14-10-28-20(21-14)12-4-5-27-9-12/h2-6,9-10,22H,7-8H2,1H3. The molecule has 0 saturated heterocycles. The van der Waals surface area contributed by atoms with Gasteiger partial charge in [0.25, 0.3) is 0 Å². The van der Waals surface area contributed by atoms with Gasteiger partial charge in [-0.15, -0.1) is 11.3 Å². The molecular weight excluding hydrogens is 398 g/mol. The number of ether oxygens (including phenoxy) is 1. The predicted octanol–water partition coefficient (Wildman–Crippen LogP) is 4.28. The van der Waals surface area contributed by atoms with E-state index in [-0.39, 0.29) is 18.8 Å². The van der Waals surface area contributed by atoms with Gasteiger partial charge in [-0.05, 0) is 30.5 Å². The molecule has 0 bridgehead atoms.